The minimum absolute atomic E-state index is 0.0300. The lowest BCUT2D eigenvalue weighted by Gasteiger charge is -2.41. The van der Waals surface area contributed by atoms with E-state index in [1.54, 1.807) is 0 Å². The molecule has 1 heterocycles. The molecule has 0 radical (unpaired) electrons. The Morgan fingerprint density at radius 3 is 1.43 bits per heavy atom. The fraction of sp³-hybridized carbons (Fsp3) is 0.833. The molecule has 4 N–H and O–H groups in total. The zero-order valence-electron chi connectivity index (χ0n) is 42.2. The van der Waals surface area contributed by atoms with Crippen LogP contribution in [-0.4, -0.2) is 97.5 Å². The van der Waals surface area contributed by atoms with Gasteiger partial charge in [0.2, 0.25) is 0 Å². The van der Waals surface area contributed by atoms with Crippen molar-refractivity contribution in [1.29, 1.82) is 0 Å². The second-order valence-electron chi connectivity index (χ2n) is 18.5. The number of allylic oxidation sites excluding steroid dienone is 8. The third-order valence-electron chi connectivity index (χ3n) is 12.2. The van der Waals surface area contributed by atoms with Crippen molar-refractivity contribution < 1.29 is 56.2 Å². The standard InChI is InChI=1S/C54H98O12S/c1-3-5-7-9-11-13-15-17-19-21-23-24-25-27-29-31-33-35-37-39-41-43-50(56)64-48(47-63-54-52(58)53(66-67(59,60)61)51(57)49(45-55)65-54)46-62-44-42-40-38-36-34-32-30-28-26-22-20-18-16-14-12-10-8-6-4-2/h14-17,20-23,48-49,51-55,57-58H,3-13,18-19,24-47H2,1-2H3,(H,59,60,61)/b16-14-,17-15-,22-20-,23-21-. The Hall–Kier alpha value is -1.94. The van der Waals surface area contributed by atoms with Crippen LogP contribution in [0.5, 0.6) is 0 Å². The van der Waals surface area contributed by atoms with Gasteiger partial charge >= 0.3 is 16.4 Å². The number of esters is 1. The van der Waals surface area contributed by atoms with Crippen molar-refractivity contribution in [3.05, 3.63) is 48.6 Å². The maximum absolute atomic E-state index is 12.9. The summed E-state index contributed by atoms with van der Waals surface area (Å²) in [6, 6.07) is 0. The van der Waals surface area contributed by atoms with Crippen molar-refractivity contribution in [2.24, 2.45) is 0 Å². The van der Waals surface area contributed by atoms with Crippen molar-refractivity contribution in [1.82, 2.24) is 0 Å². The molecule has 1 fully saturated rings. The number of hydrogen-bond donors (Lipinski definition) is 4. The smallest absolute Gasteiger partial charge is 0.397 e. The molecule has 0 amide bonds. The largest absolute Gasteiger partial charge is 0.457 e. The molecular weight excluding hydrogens is 873 g/mol. The van der Waals surface area contributed by atoms with E-state index in [4.69, 9.17) is 18.9 Å². The lowest BCUT2D eigenvalue weighted by Crippen LogP contribution is -2.60. The van der Waals surface area contributed by atoms with Crippen LogP contribution in [0.15, 0.2) is 48.6 Å². The molecule has 0 aromatic heterocycles. The van der Waals surface area contributed by atoms with E-state index in [1.165, 1.54) is 135 Å². The van der Waals surface area contributed by atoms with Crippen molar-refractivity contribution in [3.63, 3.8) is 0 Å². The maximum atomic E-state index is 12.9. The van der Waals surface area contributed by atoms with Gasteiger partial charge in [0.25, 0.3) is 0 Å². The summed E-state index contributed by atoms with van der Waals surface area (Å²) in [5.41, 5.74) is 0. The second kappa shape index (κ2) is 45.2. The Morgan fingerprint density at radius 1 is 0.567 bits per heavy atom. The van der Waals surface area contributed by atoms with Gasteiger partial charge < -0.3 is 34.3 Å². The van der Waals surface area contributed by atoms with Gasteiger partial charge in [-0.3, -0.25) is 9.35 Å². The molecule has 0 spiro atoms. The normalized spacial score (nSPS) is 19.8. The second-order valence-corrected chi connectivity index (χ2v) is 19.5. The first-order valence-electron chi connectivity index (χ1n) is 26.9. The molecule has 6 atom stereocenters. The zero-order chi connectivity index (χ0) is 48.9. The Morgan fingerprint density at radius 2 is 0.985 bits per heavy atom. The lowest BCUT2D eigenvalue weighted by molar-refractivity contribution is -0.301. The number of carbonyl (C=O) groups excluding carboxylic acids is 1. The van der Waals surface area contributed by atoms with Gasteiger partial charge in [0, 0.05) is 13.0 Å². The maximum Gasteiger partial charge on any atom is 0.397 e. The minimum atomic E-state index is -5.07. The third kappa shape index (κ3) is 38.5. The van der Waals surface area contributed by atoms with Crippen LogP contribution in [0, 0.1) is 0 Å². The van der Waals surface area contributed by atoms with Crippen LogP contribution in [0.3, 0.4) is 0 Å². The molecule has 1 aliphatic heterocycles. The molecule has 1 saturated heterocycles. The topological polar surface area (TPSA) is 178 Å². The van der Waals surface area contributed by atoms with Crippen LogP contribution in [0.2, 0.25) is 0 Å². The summed E-state index contributed by atoms with van der Waals surface area (Å²) >= 11 is 0. The molecule has 6 unspecified atom stereocenters. The number of hydrogen-bond acceptors (Lipinski definition) is 11. The predicted molar refractivity (Wildman–Crippen MR) is 271 cm³/mol. The van der Waals surface area contributed by atoms with E-state index in [-0.39, 0.29) is 19.6 Å². The van der Waals surface area contributed by atoms with Crippen LogP contribution in [0.4, 0.5) is 0 Å². The van der Waals surface area contributed by atoms with Gasteiger partial charge in [-0.05, 0) is 77.0 Å². The Bertz CT molecular complexity index is 1350. The van der Waals surface area contributed by atoms with Crippen LogP contribution >= 0.6 is 0 Å². The average Bonchev–Trinajstić information content (AvgIpc) is 3.30. The summed E-state index contributed by atoms with van der Waals surface area (Å²) in [6.45, 7) is 3.97. The minimum Gasteiger partial charge on any atom is -0.457 e. The first-order chi connectivity index (χ1) is 32.6. The van der Waals surface area contributed by atoms with E-state index in [0.29, 0.717) is 13.0 Å². The van der Waals surface area contributed by atoms with Gasteiger partial charge in [0.15, 0.2) is 6.29 Å². The summed E-state index contributed by atoms with van der Waals surface area (Å²) in [4.78, 5) is 12.9. The monoisotopic (exact) mass is 971 g/mol. The summed E-state index contributed by atoms with van der Waals surface area (Å²) in [7, 11) is -5.07. The number of aliphatic hydroxyl groups excluding tert-OH is 3. The SMILES string of the molecule is CCCCCC/C=C\C/C=C\CCCCCCCCCCOCC(COC1OC(CO)C(O)C(OS(=O)(=O)O)C1O)OC(=O)CCCCCCCCCCC/C=C\C/C=C\CCCCCCC. The van der Waals surface area contributed by atoms with E-state index in [1.807, 2.05) is 0 Å². The third-order valence-corrected chi connectivity index (χ3v) is 12.6. The van der Waals surface area contributed by atoms with Crippen LogP contribution in [0.1, 0.15) is 226 Å². The highest BCUT2D eigenvalue weighted by molar-refractivity contribution is 7.80. The molecule has 0 aromatic carbocycles. The molecule has 0 aromatic rings. The molecule has 1 aliphatic rings. The summed E-state index contributed by atoms with van der Waals surface area (Å²) in [6.07, 6.45) is 47.1. The Kier molecular flexibility index (Phi) is 42.6. The van der Waals surface area contributed by atoms with E-state index >= 15 is 0 Å². The molecule has 392 valence electrons. The molecule has 0 saturated carbocycles. The summed E-state index contributed by atoms with van der Waals surface area (Å²) < 4.78 is 59.3. The van der Waals surface area contributed by atoms with E-state index in [2.05, 4.69) is 66.6 Å². The summed E-state index contributed by atoms with van der Waals surface area (Å²) in [5.74, 6) is -0.405. The highest BCUT2D eigenvalue weighted by atomic mass is 32.3. The van der Waals surface area contributed by atoms with Crippen LogP contribution in [0.25, 0.3) is 0 Å². The van der Waals surface area contributed by atoms with Crippen molar-refractivity contribution in [2.75, 3.05) is 26.4 Å². The number of rotatable bonds is 47. The van der Waals surface area contributed by atoms with Crippen LogP contribution in [-0.2, 0) is 38.3 Å². The van der Waals surface area contributed by atoms with Gasteiger partial charge in [-0.25, -0.2) is 4.18 Å². The van der Waals surface area contributed by atoms with Crippen molar-refractivity contribution >= 4 is 16.4 Å². The van der Waals surface area contributed by atoms with Gasteiger partial charge in [0.05, 0.1) is 19.8 Å². The fourth-order valence-corrected chi connectivity index (χ4v) is 8.60. The molecule has 12 nitrogen and oxygen atoms in total. The molecule has 1 rings (SSSR count). The van der Waals surface area contributed by atoms with Crippen LogP contribution < -0.4 is 0 Å². The molecule has 0 aliphatic carbocycles. The molecular formula is C54H98O12S. The van der Waals surface area contributed by atoms with Crippen molar-refractivity contribution in [3.8, 4) is 0 Å². The molecule has 67 heavy (non-hydrogen) atoms. The Labute approximate surface area is 408 Å². The Balaban J connectivity index is 2.35. The highest BCUT2D eigenvalue weighted by Crippen LogP contribution is 2.26. The highest BCUT2D eigenvalue weighted by Gasteiger charge is 2.48. The van der Waals surface area contributed by atoms with E-state index in [0.717, 1.165) is 64.2 Å². The fourth-order valence-electron chi connectivity index (χ4n) is 8.09. The predicted octanol–water partition coefficient (Wildman–Crippen LogP) is 12.7. The van der Waals surface area contributed by atoms with Gasteiger partial charge in [0.1, 0.15) is 30.5 Å². The van der Waals surface area contributed by atoms with Gasteiger partial charge in [-0.2, -0.15) is 8.42 Å². The lowest BCUT2D eigenvalue weighted by atomic mass is 9.99. The van der Waals surface area contributed by atoms with Gasteiger partial charge in [-0.1, -0.05) is 191 Å². The number of unbranched alkanes of at least 4 members (excludes halogenated alkanes) is 26. The van der Waals surface area contributed by atoms with E-state index < -0.39 is 59.8 Å². The quantitative estimate of drug-likeness (QED) is 0.0197. The first kappa shape index (κ1) is 63.1. The zero-order valence-corrected chi connectivity index (χ0v) is 43.0. The van der Waals surface area contributed by atoms with Crippen molar-refractivity contribution in [2.45, 2.75) is 263 Å². The number of aliphatic hydroxyl groups is 3. The first-order valence-corrected chi connectivity index (χ1v) is 28.3. The number of carbonyl (C=O) groups is 1. The van der Waals surface area contributed by atoms with E-state index in [9.17, 15) is 33.1 Å². The van der Waals surface area contributed by atoms with Gasteiger partial charge in [-0.15, -0.1) is 0 Å². The molecule has 0 bridgehead atoms. The average molecular weight is 971 g/mol. The molecule has 13 heteroatoms. The number of ether oxygens (including phenoxy) is 4. The summed E-state index contributed by atoms with van der Waals surface area (Å²) in [5, 5.41) is 30.8.